The molecule has 0 bridgehead atoms. The van der Waals surface area contributed by atoms with Gasteiger partial charge in [0.1, 0.15) is 0 Å². The van der Waals surface area contributed by atoms with Crippen molar-refractivity contribution in [3.63, 3.8) is 0 Å². The maximum atomic E-state index is 10.4. The fourth-order valence-electron chi connectivity index (χ4n) is 1.69. The third-order valence-electron chi connectivity index (χ3n) is 2.45. The van der Waals surface area contributed by atoms with Gasteiger partial charge in [-0.3, -0.25) is 5.43 Å². The van der Waals surface area contributed by atoms with E-state index in [2.05, 4.69) is 10.7 Å². The Hall–Kier alpha value is -2.16. The molecule has 0 unspecified atom stereocenters. The van der Waals surface area contributed by atoms with Crippen LogP contribution in [-0.2, 0) is 0 Å². The highest BCUT2D eigenvalue weighted by molar-refractivity contribution is 5.31. The van der Waals surface area contributed by atoms with Crippen molar-refractivity contribution in [1.29, 1.82) is 0 Å². The Labute approximate surface area is 94.1 Å². The number of nitrogens with zero attached hydrogens (tertiary/aromatic N) is 1. The van der Waals surface area contributed by atoms with E-state index in [0.717, 1.165) is 11.1 Å². The lowest BCUT2D eigenvalue weighted by atomic mass is 10.00. The largest absolute Gasteiger partial charge is 0.262 e. The molecule has 3 heteroatoms. The summed E-state index contributed by atoms with van der Waals surface area (Å²) >= 11 is 0. The van der Waals surface area contributed by atoms with Gasteiger partial charge in [0.05, 0.1) is 11.3 Å². The molecule has 0 fully saturated rings. The number of hydrogen-bond acceptors (Lipinski definition) is 2. The van der Waals surface area contributed by atoms with Gasteiger partial charge in [0.2, 0.25) is 0 Å². The van der Waals surface area contributed by atoms with Gasteiger partial charge >= 0.3 is 0 Å². The molecule has 16 heavy (non-hydrogen) atoms. The fraction of sp³-hybridized carbons (Fsp3) is 0.0769. The summed E-state index contributed by atoms with van der Waals surface area (Å²) in [5.74, 6) is 0. The Morgan fingerprint density at radius 2 is 1.25 bits per heavy atom. The summed E-state index contributed by atoms with van der Waals surface area (Å²) in [6.07, 6.45) is 0. The van der Waals surface area contributed by atoms with Crippen molar-refractivity contribution in [3.8, 4) is 0 Å². The van der Waals surface area contributed by atoms with Crippen LogP contribution in [0.2, 0.25) is 0 Å². The molecular formula is C13H12N2O. The molecule has 0 aliphatic carbocycles. The van der Waals surface area contributed by atoms with Crippen LogP contribution in [0.3, 0.4) is 0 Å². The number of rotatable bonds is 4. The Morgan fingerprint density at radius 3 is 1.62 bits per heavy atom. The summed E-state index contributed by atoms with van der Waals surface area (Å²) in [5, 5.41) is 2.79. The summed E-state index contributed by atoms with van der Waals surface area (Å²) < 4.78 is 0. The van der Waals surface area contributed by atoms with E-state index in [9.17, 15) is 4.91 Å². The van der Waals surface area contributed by atoms with Crippen molar-refractivity contribution < 1.29 is 0 Å². The first kappa shape index (κ1) is 10.4. The van der Waals surface area contributed by atoms with Gasteiger partial charge in [-0.1, -0.05) is 60.7 Å². The van der Waals surface area contributed by atoms with Gasteiger partial charge in [0, 0.05) is 0 Å². The number of nitroso groups, excluding NO2 is 1. The Morgan fingerprint density at radius 1 is 0.812 bits per heavy atom. The first-order valence-corrected chi connectivity index (χ1v) is 5.09. The minimum atomic E-state index is -0.181. The van der Waals surface area contributed by atoms with Gasteiger partial charge in [0.15, 0.2) is 0 Å². The van der Waals surface area contributed by atoms with Crippen LogP contribution >= 0.6 is 0 Å². The summed E-state index contributed by atoms with van der Waals surface area (Å²) in [5.41, 5.74) is 4.63. The van der Waals surface area contributed by atoms with Gasteiger partial charge < -0.3 is 0 Å². The smallest absolute Gasteiger partial charge is 0.0971 e. The summed E-state index contributed by atoms with van der Waals surface area (Å²) in [6.45, 7) is 0. The van der Waals surface area contributed by atoms with Crippen LogP contribution in [0.1, 0.15) is 17.2 Å². The van der Waals surface area contributed by atoms with Crippen molar-refractivity contribution in [2.45, 2.75) is 6.04 Å². The van der Waals surface area contributed by atoms with Crippen LogP contribution in [0, 0.1) is 4.91 Å². The van der Waals surface area contributed by atoms with E-state index in [1.54, 1.807) is 0 Å². The predicted octanol–water partition coefficient (Wildman–Crippen LogP) is 3.05. The molecule has 80 valence electrons. The van der Waals surface area contributed by atoms with Crippen molar-refractivity contribution in [1.82, 2.24) is 5.43 Å². The highest BCUT2D eigenvalue weighted by atomic mass is 16.3. The molecule has 0 saturated carbocycles. The van der Waals surface area contributed by atoms with Gasteiger partial charge in [-0.2, -0.15) is 0 Å². The van der Waals surface area contributed by atoms with Crippen LogP contribution in [0.4, 0.5) is 0 Å². The van der Waals surface area contributed by atoms with Gasteiger partial charge in [-0.25, -0.2) is 0 Å². The van der Waals surface area contributed by atoms with Crippen LogP contribution in [0.25, 0.3) is 0 Å². The first-order valence-electron chi connectivity index (χ1n) is 5.09. The molecule has 1 N–H and O–H groups in total. The topological polar surface area (TPSA) is 41.5 Å². The molecule has 0 aliphatic heterocycles. The maximum Gasteiger partial charge on any atom is 0.0971 e. The van der Waals surface area contributed by atoms with E-state index < -0.39 is 0 Å². The lowest BCUT2D eigenvalue weighted by molar-refractivity contribution is 0.634. The highest BCUT2D eigenvalue weighted by Crippen LogP contribution is 2.21. The Balaban J connectivity index is 2.35. The van der Waals surface area contributed by atoms with Crippen molar-refractivity contribution >= 4 is 0 Å². The minimum Gasteiger partial charge on any atom is -0.262 e. The van der Waals surface area contributed by atoms with Crippen molar-refractivity contribution in [2.75, 3.05) is 0 Å². The molecule has 0 atom stereocenters. The molecule has 0 spiro atoms. The molecule has 2 aromatic rings. The second kappa shape index (κ2) is 5.07. The molecule has 3 nitrogen and oxygen atoms in total. The fourth-order valence-corrected chi connectivity index (χ4v) is 1.69. The third kappa shape index (κ3) is 2.25. The predicted molar refractivity (Wildman–Crippen MR) is 63.7 cm³/mol. The monoisotopic (exact) mass is 212 g/mol. The van der Waals surface area contributed by atoms with Crippen molar-refractivity contribution in [3.05, 3.63) is 76.7 Å². The summed E-state index contributed by atoms with van der Waals surface area (Å²) in [4.78, 5) is 10.4. The van der Waals surface area contributed by atoms with Gasteiger partial charge in [-0.15, -0.1) is 4.91 Å². The van der Waals surface area contributed by atoms with E-state index in [1.165, 1.54) is 0 Å². The first-order chi connectivity index (χ1) is 7.92. The zero-order valence-corrected chi connectivity index (χ0v) is 8.71. The number of nitrogens with one attached hydrogen (secondary N) is 1. The van der Waals surface area contributed by atoms with E-state index in [-0.39, 0.29) is 6.04 Å². The highest BCUT2D eigenvalue weighted by Gasteiger charge is 2.12. The molecule has 0 aliphatic rings. The zero-order valence-electron chi connectivity index (χ0n) is 8.71. The maximum absolute atomic E-state index is 10.4. The molecule has 0 heterocycles. The van der Waals surface area contributed by atoms with Crippen LogP contribution in [-0.4, -0.2) is 0 Å². The average Bonchev–Trinajstić information content (AvgIpc) is 2.38. The molecule has 0 amide bonds. The van der Waals surface area contributed by atoms with Crippen LogP contribution < -0.4 is 5.43 Å². The Bertz CT molecular complexity index is 403. The number of benzene rings is 2. The molecule has 0 aromatic heterocycles. The van der Waals surface area contributed by atoms with E-state index >= 15 is 0 Å². The zero-order chi connectivity index (χ0) is 11.2. The van der Waals surface area contributed by atoms with Gasteiger partial charge in [0.25, 0.3) is 0 Å². The van der Waals surface area contributed by atoms with E-state index in [4.69, 9.17) is 0 Å². The lowest BCUT2D eigenvalue weighted by Crippen LogP contribution is -2.16. The molecular weight excluding hydrogens is 200 g/mol. The van der Waals surface area contributed by atoms with Crippen molar-refractivity contribution in [2.24, 2.45) is 5.29 Å². The SMILES string of the molecule is O=NNC(c1ccccc1)c1ccccc1. The number of hydrogen-bond donors (Lipinski definition) is 1. The van der Waals surface area contributed by atoms with Crippen LogP contribution in [0.5, 0.6) is 0 Å². The van der Waals surface area contributed by atoms with E-state index in [1.807, 2.05) is 60.7 Å². The standard InChI is InChI=1S/C13H12N2O/c16-15-14-13(11-7-3-1-4-8-11)12-9-5-2-6-10-12/h1-10,13H,(H,14,16). The molecule has 2 aromatic carbocycles. The molecule has 0 saturated heterocycles. The second-order valence-electron chi connectivity index (χ2n) is 3.47. The molecule has 0 radical (unpaired) electrons. The van der Waals surface area contributed by atoms with Crippen LogP contribution in [0.15, 0.2) is 65.9 Å². The Kier molecular flexibility index (Phi) is 3.28. The average molecular weight is 212 g/mol. The second-order valence-corrected chi connectivity index (χ2v) is 3.47. The normalized spacial score (nSPS) is 10.1. The van der Waals surface area contributed by atoms with Gasteiger partial charge in [-0.05, 0) is 11.1 Å². The minimum absolute atomic E-state index is 0.181. The third-order valence-corrected chi connectivity index (χ3v) is 2.45. The molecule has 2 rings (SSSR count). The summed E-state index contributed by atoms with van der Waals surface area (Å²) in [6, 6.07) is 19.3. The quantitative estimate of drug-likeness (QED) is 0.625. The van der Waals surface area contributed by atoms with E-state index in [0.29, 0.717) is 0 Å². The summed E-state index contributed by atoms with van der Waals surface area (Å²) in [7, 11) is 0. The lowest BCUT2D eigenvalue weighted by Gasteiger charge is -2.15.